The van der Waals surface area contributed by atoms with Gasteiger partial charge in [-0.05, 0) is 45.7 Å². The number of benzene rings is 1. The maximum absolute atomic E-state index is 12.7. The van der Waals surface area contributed by atoms with E-state index in [1.165, 1.54) is 18.2 Å². The Hall–Kier alpha value is -2.44. The number of nitrogens with zero attached hydrogens (tertiary/aromatic N) is 2. The normalized spacial score (nSPS) is 17.4. The van der Waals surface area contributed by atoms with Crippen LogP contribution in [0.3, 0.4) is 0 Å². The van der Waals surface area contributed by atoms with Gasteiger partial charge < -0.3 is 10.2 Å². The van der Waals surface area contributed by atoms with Crippen LogP contribution in [0.2, 0.25) is 0 Å². The lowest BCUT2D eigenvalue weighted by molar-refractivity contribution is -0.385. The molecule has 2 rings (SSSR count). The van der Waals surface area contributed by atoms with Crippen molar-refractivity contribution < 1.29 is 14.5 Å². The maximum Gasteiger partial charge on any atom is 0.272 e. The van der Waals surface area contributed by atoms with Crippen molar-refractivity contribution in [3.8, 4) is 0 Å². The Morgan fingerprint density at radius 1 is 1.39 bits per heavy atom. The molecule has 7 nitrogen and oxygen atoms in total. The highest BCUT2D eigenvalue weighted by molar-refractivity contribution is 5.98. The first-order chi connectivity index (χ1) is 10.8. The van der Waals surface area contributed by atoms with Crippen LogP contribution in [0.15, 0.2) is 18.2 Å². The summed E-state index contributed by atoms with van der Waals surface area (Å²) in [7, 11) is 0. The molecule has 0 unspecified atom stereocenters. The molecule has 1 heterocycles. The van der Waals surface area contributed by atoms with Gasteiger partial charge in [0, 0.05) is 29.8 Å². The zero-order valence-electron chi connectivity index (χ0n) is 13.5. The van der Waals surface area contributed by atoms with Crippen LogP contribution >= 0.6 is 0 Å². The van der Waals surface area contributed by atoms with Gasteiger partial charge in [-0.25, -0.2) is 0 Å². The molecule has 0 saturated carbocycles. The van der Waals surface area contributed by atoms with Gasteiger partial charge in [0.1, 0.15) is 6.04 Å². The Kier molecular flexibility index (Phi) is 4.98. The molecular formula is C16H21N3O4. The summed E-state index contributed by atoms with van der Waals surface area (Å²) < 4.78 is 0. The Morgan fingerprint density at radius 2 is 2.09 bits per heavy atom. The van der Waals surface area contributed by atoms with Crippen LogP contribution in [0.1, 0.15) is 42.6 Å². The van der Waals surface area contributed by atoms with Crippen LogP contribution in [0.4, 0.5) is 5.69 Å². The number of hydrogen-bond acceptors (Lipinski definition) is 4. The van der Waals surface area contributed by atoms with Crippen LogP contribution in [-0.4, -0.2) is 40.3 Å². The molecule has 1 N–H and O–H groups in total. The second kappa shape index (κ2) is 6.76. The molecule has 1 fully saturated rings. The summed E-state index contributed by atoms with van der Waals surface area (Å²) in [5.41, 5.74) is 0.789. The summed E-state index contributed by atoms with van der Waals surface area (Å²) in [4.78, 5) is 36.8. The number of nitrogens with one attached hydrogen (secondary N) is 1. The first kappa shape index (κ1) is 16.9. The topological polar surface area (TPSA) is 92.6 Å². The van der Waals surface area contributed by atoms with Gasteiger partial charge in [-0.1, -0.05) is 0 Å². The van der Waals surface area contributed by atoms with E-state index in [-0.39, 0.29) is 23.5 Å². The van der Waals surface area contributed by atoms with Gasteiger partial charge in [0.2, 0.25) is 5.91 Å². The number of aryl methyl sites for hydroxylation is 1. The predicted octanol–water partition coefficient (Wildman–Crippen LogP) is 2.03. The SMILES string of the molecule is Cc1cc(C(=O)N2CCC[C@H]2C(=O)NC(C)C)ccc1[N+](=O)[O-]. The molecule has 23 heavy (non-hydrogen) atoms. The minimum Gasteiger partial charge on any atom is -0.352 e. The predicted molar refractivity (Wildman–Crippen MR) is 85.2 cm³/mol. The molecule has 1 saturated heterocycles. The van der Waals surface area contributed by atoms with E-state index in [9.17, 15) is 19.7 Å². The molecule has 124 valence electrons. The van der Waals surface area contributed by atoms with Crippen LogP contribution in [-0.2, 0) is 4.79 Å². The molecule has 0 radical (unpaired) electrons. The van der Waals surface area contributed by atoms with E-state index in [0.717, 1.165) is 6.42 Å². The number of likely N-dealkylation sites (tertiary alicyclic amines) is 1. The molecule has 0 aromatic heterocycles. The Balaban J connectivity index is 2.20. The van der Waals surface area contributed by atoms with Gasteiger partial charge in [0.25, 0.3) is 11.6 Å². The monoisotopic (exact) mass is 319 g/mol. The molecule has 0 aliphatic carbocycles. The van der Waals surface area contributed by atoms with E-state index in [1.807, 2.05) is 13.8 Å². The summed E-state index contributed by atoms with van der Waals surface area (Å²) in [6.45, 7) is 5.87. The summed E-state index contributed by atoms with van der Waals surface area (Å²) in [5.74, 6) is -0.408. The molecule has 1 aliphatic rings. The van der Waals surface area contributed by atoms with Crippen molar-refractivity contribution in [3.05, 3.63) is 39.4 Å². The molecule has 1 atom stereocenters. The molecule has 2 amide bonds. The van der Waals surface area contributed by atoms with Crippen LogP contribution in [0, 0.1) is 17.0 Å². The largest absolute Gasteiger partial charge is 0.352 e. The molecule has 1 aromatic rings. The van der Waals surface area contributed by atoms with Crippen LogP contribution in [0.25, 0.3) is 0 Å². The lowest BCUT2D eigenvalue weighted by atomic mass is 10.1. The molecular weight excluding hydrogens is 298 g/mol. The van der Waals surface area contributed by atoms with Crippen molar-refractivity contribution in [2.45, 2.75) is 45.7 Å². The second-order valence-electron chi connectivity index (χ2n) is 6.08. The van der Waals surface area contributed by atoms with E-state index in [2.05, 4.69) is 5.32 Å². The summed E-state index contributed by atoms with van der Waals surface area (Å²) in [5, 5.41) is 13.7. The highest BCUT2D eigenvalue weighted by Gasteiger charge is 2.34. The molecule has 0 bridgehead atoms. The van der Waals surface area contributed by atoms with Crippen molar-refractivity contribution >= 4 is 17.5 Å². The third kappa shape index (κ3) is 3.67. The maximum atomic E-state index is 12.7. The fraction of sp³-hybridized carbons (Fsp3) is 0.500. The highest BCUT2D eigenvalue weighted by atomic mass is 16.6. The van der Waals surface area contributed by atoms with E-state index >= 15 is 0 Å². The fourth-order valence-electron chi connectivity index (χ4n) is 2.82. The zero-order valence-corrected chi connectivity index (χ0v) is 13.5. The number of carbonyl (C=O) groups is 2. The summed E-state index contributed by atoms with van der Waals surface area (Å²) in [6.07, 6.45) is 1.41. The third-order valence-electron chi connectivity index (χ3n) is 3.89. The van der Waals surface area contributed by atoms with Gasteiger partial charge in [-0.2, -0.15) is 0 Å². The smallest absolute Gasteiger partial charge is 0.272 e. The average Bonchev–Trinajstić information content (AvgIpc) is 2.94. The first-order valence-corrected chi connectivity index (χ1v) is 7.67. The Bertz CT molecular complexity index is 642. The third-order valence-corrected chi connectivity index (χ3v) is 3.89. The highest BCUT2D eigenvalue weighted by Crippen LogP contribution is 2.24. The zero-order chi connectivity index (χ0) is 17.1. The van der Waals surface area contributed by atoms with Crippen LogP contribution < -0.4 is 5.32 Å². The van der Waals surface area contributed by atoms with E-state index in [1.54, 1.807) is 11.8 Å². The fourth-order valence-corrected chi connectivity index (χ4v) is 2.82. The summed E-state index contributed by atoms with van der Waals surface area (Å²) in [6, 6.07) is 3.84. The first-order valence-electron chi connectivity index (χ1n) is 7.67. The standard InChI is InChI=1S/C16H21N3O4/c1-10(2)17-15(20)14-5-4-8-18(14)16(21)12-6-7-13(19(22)23)11(3)9-12/h6-7,9-10,14H,4-5,8H2,1-3H3,(H,17,20)/t14-/m0/s1. The summed E-state index contributed by atoms with van der Waals surface area (Å²) >= 11 is 0. The number of nitro benzene ring substituents is 1. The lowest BCUT2D eigenvalue weighted by Crippen LogP contribution is -2.47. The van der Waals surface area contributed by atoms with Gasteiger partial charge in [0.05, 0.1) is 4.92 Å². The second-order valence-corrected chi connectivity index (χ2v) is 6.08. The minimum absolute atomic E-state index is 0.0154. The molecule has 1 aliphatic heterocycles. The molecule has 7 heteroatoms. The minimum atomic E-state index is -0.474. The van der Waals surface area contributed by atoms with E-state index in [4.69, 9.17) is 0 Å². The number of amides is 2. The molecule has 1 aromatic carbocycles. The van der Waals surface area contributed by atoms with Crippen molar-refractivity contribution in [2.75, 3.05) is 6.54 Å². The van der Waals surface area contributed by atoms with Gasteiger partial charge in [0.15, 0.2) is 0 Å². The number of nitro groups is 1. The van der Waals surface area contributed by atoms with Crippen LogP contribution in [0.5, 0.6) is 0 Å². The van der Waals surface area contributed by atoms with Crippen molar-refractivity contribution in [1.29, 1.82) is 0 Å². The number of rotatable bonds is 4. The Labute approximate surface area is 134 Å². The quantitative estimate of drug-likeness (QED) is 0.679. The van der Waals surface area contributed by atoms with Gasteiger partial charge in [-0.3, -0.25) is 19.7 Å². The number of carbonyl (C=O) groups excluding carboxylic acids is 2. The molecule has 0 spiro atoms. The lowest BCUT2D eigenvalue weighted by Gasteiger charge is -2.25. The van der Waals surface area contributed by atoms with E-state index < -0.39 is 11.0 Å². The van der Waals surface area contributed by atoms with Gasteiger partial charge in [-0.15, -0.1) is 0 Å². The van der Waals surface area contributed by atoms with Crippen molar-refractivity contribution in [3.63, 3.8) is 0 Å². The average molecular weight is 319 g/mol. The van der Waals surface area contributed by atoms with E-state index in [0.29, 0.717) is 24.1 Å². The Morgan fingerprint density at radius 3 is 2.65 bits per heavy atom. The van der Waals surface area contributed by atoms with Crippen molar-refractivity contribution in [2.24, 2.45) is 0 Å². The van der Waals surface area contributed by atoms with Crippen molar-refractivity contribution in [1.82, 2.24) is 10.2 Å². The number of hydrogen-bond donors (Lipinski definition) is 1. The van der Waals surface area contributed by atoms with Gasteiger partial charge >= 0.3 is 0 Å².